The number of oxazole rings is 1. The molecule has 106 valence electrons. The highest BCUT2D eigenvalue weighted by atomic mass is 16.3. The molecule has 0 saturated heterocycles. The first-order valence-electron chi connectivity index (χ1n) is 6.94. The van der Waals surface area contributed by atoms with Gasteiger partial charge in [0.15, 0.2) is 6.39 Å². The molecule has 0 bridgehead atoms. The number of amides is 1. The Kier molecular flexibility index (Phi) is 4.93. The molecule has 0 aliphatic rings. The van der Waals surface area contributed by atoms with Gasteiger partial charge in [0.1, 0.15) is 0 Å². The second-order valence-electron chi connectivity index (χ2n) is 5.07. The topological polar surface area (TPSA) is 55.1 Å². The molecular weight excluding hydrogens is 252 g/mol. The van der Waals surface area contributed by atoms with Crippen molar-refractivity contribution in [3.8, 4) is 0 Å². The van der Waals surface area contributed by atoms with Crippen molar-refractivity contribution in [1.29, 1.82) is 0 Å². The van der Waals surface area contributed by atoms with Crippen LogP contribution in [0.25, 0.3) is 0 Å². The van der Waals surface area contributed by atoms with E-state index in [9.17, 15) is 4.79 Å². The monoisotopic (exact) mass is 272 g/mol. The molecule has 2 rings (SSSR count). The largest absolute Gasteiger partial charge is 0.438 e. The van der Waals surface area contributed by atoms with Gasteiger partial charge in [-0.3, -0.25) is 4.79 Å². The summed E-state index contributed by atoms with van der Waals surface area (Å²) in [4.78, 5) is 16.1. The molecule has 1 heterocycles. The van der Waals surface area contributed by atoms with Crippen LogP contribution in [0.15, 0.2) is 41.1 Å². The van der Waals surface area contributed by atoms with E-state index in [-0.39, 0.29) is 11.8 Å². The van der Waals surface area contributed by atoms with Gasteiger partial charge in [0.05, 0.1) is 5.69 Å². The molecule has 4 heteroatoms. The van der Waals surface area contributed by atoms with E-state index < -0.39 is 0 Å². The maximum atomic E-state index is 12.0. The number of nitrogens with zero attached hydrogens (tertiary/aromatic N) is 1. The quantitative estimate of drug-likeness (QED) is 0.822. The Morgan fingerprint density at radius 2 is 2.05 bits per heavy atom. The predicted octanol–water partition coefficient (Wildman–Crippen LogP) is 3.16. The Balaban J connectivity index is 1.79. The van der Waals surface area contributed by atoms with Gasteiger partial charge in [0, 0.05) is 6.54 Å². The lowest BCUT2D eigenvalue weighted by Crippen LogP contribution is -2.25. The van der Waals surface area contributed by atoms with Gasteiger partial charge >= 0.3 is 0 Å². The number of hydrogen-bond donors (Lipinski definition) is 1. The van der Waals surface area contributed by atoms with E-state index in [0.29, 0.717) is 18.0 Å². The van der Waals surface area contributed by atoms with E-state index in [1.54, 1.807) is 0 Å². The molecule has 1 amide bonds. The minimum Gasteiger partial charge on any atom is -0.438 e. The number of hydrogen-bond acceptors (Lipinski definition) is 3. The van der Waals surface area contributed by atoms with Crippen molar-refractivity contribution in [3.05, 3.63) is 53.7 Å². The Morgan fingerprint density at radius 3 is 2.75 bits per heavy atom. The van der Waals surface area contributed by atoms with Crippen LogP contribution in [0.2, 0.25) is 0 Å². The maximum Gasteiger partial charge on any atom is 0.289 e. The van der Waals surface area contributed by atoms with Gasteiger partial charge in [-0.15, -0.1) is 0 Å². The summed E-state index contributed by atoms with van der Waals surface area (Å²) in [5.41, 5.74) is 2.00. The Bertz CT molecular complexity index is 547. The fourth-order valence-electron chi connectivity index (χ4n) is 2.06. The van der Waals surface area contributed by atoms with Crippen LogP contribution in [0, 0.1) is 0 Å². The molecule has 0 atom stereocenters. The Morgan fingerprint density at radius 1 is 1.30 bits per heavy atom. The van der Waals surface area contributed by atoms with Crippen LogP contribution in [0.1, 0.15) is 48.0 Å². The summed E-state index contributed by atoms with van der Waals surface area (Å²) in [5, 5.41) is 2.88. The van der Waals surface area contributed by atoms with Gasteiger partial charge in [-0.2, -0.15) is 0 Å². The fraction of sp³-hybridized carbons (Fsp3) is 0.375. The summed E-state index contributed by atoms with van der Waals surface area (Å²) in [6, 6.07) is 10.2. The summed E-state index contributed by atoms with van der Waals surface area (Å²) in [7, 11) is 0. The Labute approximate surface area is 119 Å². The molecule has 2 aromatic rings. The zero-order chi connectivity index (χ0) is 14.4. The SMILES string of the molecule is CC(C)c1ncoc1C(=O)NCCCc1ccccc1. The van der Waals surface area contributed by atoms with Gasteiger partial charge in [-0.1, -0.05) is 44.2 Å². The van der Waals surface area contributed by atoms with Gasteiger partial charge in [0.2, 0.25) is 5.76 Å². The third kappa shape index (κ3) is 3.70. The molecule has 0 fully saturated rings. The minimum atomic E-state index is -0.181. The normalized spacial score (nSPS) is 10.8. The molecule has 1 aromatic carbocycles. The summed E-state index contributed by atoms with van der Waals surface area (Å²) < 4.78 is 5.18. The van der Waals surface area contributed by atoms with Crippen molar-refractivity contribution >= 4 is 5.91 Å². The summed E-state index contributed by atoms with van der Waals surface area (Å²) in [6.45, 7) is 4.61. The predicted molar refractivity (Wildman–Crippen MR) is 77.7 cm³/mol. The first kappa shape index (κ1) is 14.3. The smallest absolute Gasteiger partial charge is 0.289 e. The van der Waals surface area contributed by atoms with Crippen molar-refractivity contribution in [3.63, 3.8) is 0 Å². The second-order valence-corrected chi connectivity index (χ2v) is 5.07. The molecule has 0 unspecified atom stereocenters. The van der Waals surface area contributed by atoms with E-state index in [2.05, 4.69) is 22.4 Å². The number of benzene rings is 1. The summed E-state index contributed by atoms with van der Waals surface area (Å²) >= 11 is 0. The standard InChI is InChI=1S/C16H20N2O2/c1-12(2)14-15(20-11-18-14)16(19)17-10-6-9-13-7-4-3-5-8-13/h3-5,7-8,11-12H,6,9-10H2,1-2H3,(H,17,19). The molecule has 0 aliphatic carbocycles. The average molecular weight is 272 g/mol. The number of aromatic nitrogens is 1. The summed E-state index contributed by atoms with van der Waals surface area (Å²) in [5.74, 6) is 0.331. The van der Waals surface area contributed by atoms with E-state index in [1.165, 1.54) is 12.0 Å². The van der Waals surface area contributed by atoms with E-state index in [4.69, 9.17) is 4.42 Å². The first-order valence-corrected chi connectivity index (χ1v) is 6.94. The van der Waals surface area contributed by atoms with E-state index >= 15 is 0 Å². The zero-order valence-electron chi connectivity index (χ0n) is 11.9. The highest BCUT2D eigenvalue weighted by molar-refractivity contribution is 5.92. The molecule has 0 radical (unpaired) electrons. The summed E-state index contributed by atoms with van der Waals surface area (Å²) in [6.07, 6.45) is 3.18. The van der Waals surface area contributed by atoms with Crippen LogP contribution < -0.4 is 5.32 Å². The number of nitrogens with one attached hydrogen (secondary N) is 1. The van der Waals surface area contributed by atoms with Gasteiger partial charge in [-0.25, -0.2) is 4.98 Å². The van der Waals surface area contributed by atoms with Gasteiger partial charge in [-0.05, 0) is 24.3 Å². The van der Waals surface area contributed by atoms with Crippen LogP contribution >= 0.6 is 0 Å². The van der Waals surface area contributed by atoms with Crippen molar-refractivity contribution in [2.24, 2.45) is 0 Å². The molecule has 0 saturated carbocycles. The van der Waals surface area contributed by atoms with Crippen LogP contribution in [0.5, 0.6) is 0 Å². The lowest BCUT2D eigenvalue weighted by molar-refractivity contribution is 0.0923. The molecule has 0 aliphatic heterocycles. The van der Waals surface area contributed by atoms with Gasteiger partial charge in [0.25, 0.3) is 5.91 Å². The lowest BCUT2D eigenvalue weighted by atomic mass is 10.1. The van der Waals surface area contributed by atoms with Gasteiger partial charge < -0.3 is 9.73 Å². The minimum absolute atomic E-state index is 0.179. The van der Waals surface area contributed by atoms with Crippen LogP contribution in [0.3, 0.4) is 0 Å². The molecule has 0 spiro atoms. The van der Waals surface area contributed by atoms with E-state index in [1.807, 2.05) is 32.0 Å². The molecule has 4 nitrogen and oxygen atoms in total. The number of carbonyl (C=O) groups is 1. The van der Waals surface area contributed by atoms with Crippen molar-refractivity contribution in [2.75, 3.05) is 6.54 Å². The molecule has 1 aromatic heterocycles. The number of aryl methyl sites for hydroxylation is 1. The Hall–Kier alpha value is -2.10. The van der Waals surface area contributed by atoms with Crippen molar-refractivity contribution < 1.29 is 9.21 Å². The average Bonchev–Trinajstić information content (AvgIpc) is 2.94. The van der Waals surface area contributed by atoms with Crippen molar-refractivity contribution in [2.45, 2.75) is 32.6 Å². The van der Waals surface area contributed by atoms with Crippen molar-refractivity contribution in [1.82, 2.24) is 10.3 Å². The third-order valence-electron chi connectivity index (χ3n) is 3.12. The van der Waals surface area contributed by atoms with E-state index in [0.717, 1.165) is 12.8 Å². The van der Waals surface area contributed by atoms with Crippen LogP contribution in [0.4, 0.5) is 0 Å². The highest BCUT2D eigenvalue weighted by Gasteiger charge is 2.18. The first-order chi connectivity index (χ1) is 9.68. The molecular formula is C16H20N2O2. The molecule has 1 N–H and O–H groups in total. The maximum absolute atomic E-state index is 12.0. The fourth-order valence-corrected chi connectivity index (χ4v) is 2.06. The number of carbonyl (C=O) groups excluding carboxylic acids is 1. The second kappa shape index (κ2) is 6.89. The number of rotatable bonds is 6. The highest BCUT2D eigenvalue weighted by Crippen LogP contribution is 2.17. The van der Waals surface area contributed by atoms with Crippen LogP contribution in [-0.2, 0) is 6.42 Å². The zero-order valence-corrected chi connectivity index (χ0v) is 11.9. The lowest BCUT2D eigenvalue weighted by Gasteiger charge is -2.06. The molecule has 20 heavy (non-hydrogen) atoms. The third-order valence-corrected chi connectivity index (χ3v) is 3.12. The van der Waals surface area contributed by atoms with Crippen LogP contribution in [-0.4, -0.2) is 17.4 Å².